The molecule has 2 aromatic heterocycles. The second-order valence-electron chi connectivity index (χ2n) is 5.94. The largest absolute Gasteiger partial charge is 0.329 e. The van der Waals surface area contributed by atoms with Gasteiger partial charge in [0.15, 0.2) is 0 Å². The van der Waals surface area contributed by atoms with Crippen molar-refractivity contribution in [3.63, 3.8) is 0 Å². The molecule has 1 N–H and O–H groups in total. The van der Waals surface area contributed by atoms with Crippen molar-refractivity contribution in [3.05, 3.63) is 54.9 Å². The number of aromatic nitrogens is 4. The van der Waals surface area contributed by atoms with Gasteiger partial charge in [0.05, 0.1) is 11.8 Å². The van der Waals surface area contributed by atoms with E-state index in [4.69, 9.17) is 0 Å². The van der Waals surface area contributed by atoms with Gasteiger partial charge in [-0.15, -0.1) is 10.2 Å². The minimum absolute atomic E-state index is 0.469. The number of hydrogen-bond acceptors (Lipinski definition) is 6. The highest BCUT2D eigenvalue weighted by molar-refractivity contribution is 7.92. The smallest absolute Gasteiger partial charge is 0.257 e. The zero-order valence-electron chi connectivity index (χ0n) is 14.2. The van der Waals surface area contributed by atoms with E-state index in [1.165, 1.54) is 0 Å². The van der Waals surface area contributed by atoms with Crippen LogP contribution in [-0.2, 0) is 10.0 Å². The highest BCUT2D eigenvalue weighted by Crippen LogP contribution is 2.31. The molecule has 132 valence electrons. The quantitative estimate of drug-likeness (QED) is 0.595. The monoisotopic (exact) mass is 368 g/mol. The fourth-order valence-electron chi connectivity index (χ4n) is 2.86. The standard InChI is InChI=1S/C17H16N6O2S/c1-22(13-6-4-3-5-7-13)16-14-10-12(21-26(2,24)25)8-9-15(14)23-11-18-20-17(23)19-16/h3-11,21H,1-2H3. The van der Waals surface area contributed by atoms with Gasteiger partial charge in [-0.3, -0.25) is 9.12 Å². The third-order valence-corrected chi connectivity index (χ3v) is 4.60. The number of anilines is 3. The lowest BCUT2D eigenvalue weighted by atomic mass is 10.2. The summed E-state index contributed by atoms with van der Waals surface area (Å²) in [6.45, 7) is 0. The van der Waals surface area contributed by atoms with Gasteiger partial charge >= 0.3 is 0 Å². The van der Waals surface area contributed by atoms with Crippen LogP contribution in [0.25, 0.3) is 16.7 Å². The van der Waals surface area contributed by atoms with E-state index < -0.39 is 10.0 Å². The van der Waals surface area contributed by atoms with Crippen LogP contribution in [0.5, 0.6) is 0 Å². The lowest BCUT2D eigenvalue weighted by Gasteiger charge is -2.20. The van der Waals surface area contributed by atoms with Crippen LogP contribution >= 0.6 is 0 Å². The lowest BCUT2D eigenvalue weighted by Crippen LogP contribution is -2.13. The summed E-state index contributed by atoms with van der Waals surface area (Å²) in [6.07, 6.45) is 2.70. The lowest BCUT2D eigenvalue weighted by molar-refractivity contribution is 0.607. The summed E-state index contributed by atoms with van der Waals surface area (Å²) in [5.74, 6) is 1.13. The Kier molecular flexibility index (Phi) is 3.73. The fraction of sp³-hybridized carbons (Fsp3) is 0.118. The Morgan fingerprint density at radius 2 is 1.88 bits per heavy atom. The van der Waals surface area contributed by atoms with E-state index in [1.54, 1.807) is 22.9 Å². The molecule has 0 aliphatic carbocycles. The summed E-state index contributed by atoms with van der Waals surface area (Å²) in [5.41, 5.74) is 2.25. The van der Waals surface area contributed by atoms with E-state index in [9.17, 15) is 8.42 Å². The third-order valence-electron chi connectivity index (χ3n) is 4.00. The van der Waals surface area contributed by atoms with Gasteiger partial charge in [0.25, 0.3) is 5.78 Å². The van der Waals surface area contributed by atoms with Crippen LogP contribution in [0.3, 0.4) is 0 Å². The highest BCUT2D eigenvalue weighted by atomic mass is 32.2. The number of sulfonamides is 1. The van der Waals surface area contributed by atoms with E-state index in [2.05, 4.69) is 19.9 Å². The summed E-state index contributed by atoms with van der Waals surface area (Å²) in [6, 6.07) is 15.1. The van der Waals surface area contributed by atoms with Crippen LogP contribution < -0.4 is 9.62 Å². The summed E-state index contributed by atoms with van der Waals surface area (Å²) >= 11 is 0. The maximum absolute atomic E-state index is 11.6. The molecule has 0 unspecified atom stereocenters. The van der Waals surface area contributed by atoms with Gasteiger partial charge in [-0.1, -0.05) is 18.2 Å². The molecule has 0 fully saturated rings. The van der Waals surface area contributed by atoms with E-state index in [1.807, 2.05) is 48.3 Å². The molecule has 8 nitrogen and oxygen atoms in total. The van der Waals surface area contributed by atoms with Crippen LogP contribution in [0, 0.1) is 0 Å². The van der Waals surface area contributed by atoms with Gasteiger partial charge in [0.1, 0.15) is 12.1 Å². The molecule has 4 aromatic rings. The Hall–Kier alpha value is -3.20. The molecule has 0 amide bonds. The minimum Gasteiger partial charge on any atom is -0.329 e. The number of nitrogens with zero attached hydrogens (tertiary/aromatic N) is 5. The first-order valence-electron chi connectivity index (χ1n) is 7.82. The first-order chi connectivity index (χ1) is 12.4. The topological polar surface area (TPSA) is 92.5 Å². The van der Waals surface area contributed by atoms with Gasteiger partial charge in [0.2, 0.25) is 10.0 Å². The average Bonchev–Trinajstić information content (AvgIpc) is 3.08. The fourth-order valence-corrected chi connectivity index (χ4v) is 3.42. The van der Waals surface area contributed by atoms with E-state index >= 15 is 0 Å². The third kappa shape index (κ3) is 2.93. The van der Waals surface area contributed by atoms with Crippen LogP contribution in [-0.4, -0.2) is 41.3 Å². The number of rotatable bonds is 4. The molecule has 0 spiro atoms. The van der Waals surface area contributed by atoms with Crippen molar-refractivity contribution >= 4 is 43.9 Å². The van der Waals surface area contributed by atoms with E-state index in [0.717, 1.165) is 22.8 Å². The number of benzene rings is 2. The van der Waals surface area contributed by atoms with Crippen LogP contribution in [0.1, 0.15) is 0 Å². The Morgan fingerprint density at radius 1 is 1.12 bits per heavy atom. The molecule has 2 aromatic carbocycles. The Bertz CT molecular complexity index is 1200. The Labute approximate surface area is 150 Å². The second kappa shape index (κ2) is 5.95. The van der Waals surface area contributed by atoms with Crippen molar-refractivity contribution in [3.8, 4) is 0 Å². The molecule has 0 saturated carbocycles. The first-order valence-corrected chi connectivity index (χ1v) is 9.71. The molecule has 0 saturated heterocycles. The number of para-hydroxylation sites is 1. The average molecular weight is 368 g/mol. The zero-order chi connectivity index (χ0) is 18.3. The van der Waals surface area contributed by atoms with Gasteiger partial charge in [-0.2, -0.15) is 4.98 Å². The van der Waals surface area contributed by atoms with Crippen molar-refractivity contribution in [2.75, 3.05) is 22.9 Å². The molecule has 4 rings (SSSR count). The highest BCUT2D eigenvalue weighted by Gasteiger charge is 2.15. The van der Waals surface area contributed by atoms with Crippen molar-refractivity contribution in [2.24, 2.45) is 0 Å². The van der Waals surface area contributed by atoms with E-state index in [-0.39, 0.29) is 0 Å². The molecular weight excluding hydrogens is 352 g/mol. The molecule has 2 heterocycles. The van der Waals surface area contributed by atoms with Gasteiger partial charge < -0.3 is 4.90 Å². The molecule has 0 aliphatic rings. The van der Waals surface area contributed by atoms with Gasteiger partial charge in [0, 0.05) is 23.8 Å². The Morgan fingerprint density at radius 3 is 2.62 bits per heavy atom. The molecular formula is C17H16N6O2S. The normalized spacial score (nSPS) is 11.8. The summed E-state index contributed by atoms with van der Waals surface area (Å²) in [7, 11) is -1.47. The summed E-state index contributed by atoms with van der Waals surface area (Å²) < 4.78 is 27.4. The molecule has 0 atom stereocenters. The zero-order valence-corrected chi connectivity index (χ0v) is 15.0. The molecule has 26 heavy (non-hydrogen) atoms. The van der Waals surface area contributed by atoms with Gasteiger partial charge in [-0.05, 0) is 30.3 Å². The predicted molar refractivity (Wildman–Crippen MR) is 101 cm³/mol. The molecule has 0 bridgehead atoms. The van der Waals surface area contributed by atoms with Crippen molar-refractivity contribution in [2.45, 2.75) is 0 Å². The number of fused-ring (bicyclic) bond motifs is 3. The first kappa shape index (κ1) is 16.3. The molecule has 9 heteroatoms. The second-order valence-corrected chi connectivity index (χ2v) is 7.69. The molecule has 0 aliphatic heterocycles. The van der Waals surface area contributed by atoms with Crippen molar-refractivity contribution in [1.82, 2.24) is 19.6 Å². The van der Waals surface area contributed by atoms with Crippen LogP contribution in [0.2, 0.25) is 0 Å². The SMILES string of the molecule is CN(c1ccccc1)c1nc2nncn2c2ccc(NS(C)(=O)=O)cc12. The number of hydrogen-bond donors (Lipinski definition) is 1. The van der Waals surface area contributed by atoms with Crippen molar-refractivity contribution < 1.29 is 8.42 Å². The minimum atomic E-state index is -3.38. The summed E-state index contributed by atoms with van der Waals surface area (Å²) in [5, 5.41) is 8.75. The van der Waals surface area contributed by atoms with Crippen LogP contribution in [0.15, 0.2) is 54.9 Å². The maximum atomic E-state index is 11.6. The summed E-state index contributed by atoms with van der Waals surface area (Å²) in [4.78, 5) is 6.55. The van der Waals surface area contributed by atoms with Gasteiger partial charge in [-0.25, -0.2) is 8.42 Å². The maximum Gasteiger partial charge on any atom is 0.257 e. The Balaban J connectivity index is 1.97. The molecule has 0 radical (unpaired) electrons. The predicted octanol–water partition coefficient (Wildman–Crippen LogP) is 2.42. The van der Waals surface area contributed by atoms with Crippen molar-refractivity contribution in [1.29, 1.82) is 0 Å². The number of nitrogens with one attached hydrogen (secondary N) is 1. The van der Waals surface area contributed by atoms with E-state index in [0.29, 0.717) is 17.3 Å². The van der Waals surface area contributed by atoms with Crippen LogP contribution in [0.4, 0.5) is 17.2 Å².